The number of rotatable bonds is 8. The van der Waals surface area contributed by atoms with Crippen molar-refractivity contribution < 1.29 is 18.9 Å². The van der Waals surface area contributed by atoms with Crippen molar-refractivity contribution in [1.82, 2.24) is 5.32 Å². The third-order valence-corrected chi connectivity index (χ3v) is 5.29. The van der Waals surface area contributed by atoms with Gasteiger partial charge in [0, 0.05) is 6.92 Å². The van der Waals surface area contributed by atoms with Crippen molar-refractivity contribution in [2.75, 3.05) is 0 Å². The average molecular weight is 325 g/mol. The predicted octanol–water partition coefficient (Wildman–Crippen LogP) is 3.12. The highest BCUT2D eigenvalue weighted by Gasteiger charge is 2.50. The van der Waals surface area contributed by atoms with E-state index in [-0.39, 0.29) is 30.0 Å². The smallest absolute Gasteiger partial charge is 0.403 e. The number of amides is 1. The van der Waals surface area contributed by atoms with Crippen molar-refractivity contribution in [1.29, 1.82) is 0 Å². The first-order chi connectivity index (χ1) is 10.5. The molecular weight excluding hydrogens is 293 g/mol. The minimum atomic E-state index is -0.734. The molecule has 1 fully saturated rings. The summed E-state index contributed by atoms with van der Waals surface area (Å²) < 4.78 is 12.0. The van der Waals surface area contributed by atoms with E-state index in [0.717, 1.165) is 19.2 Å². The van der Waals surface area contributed by atoms with E-state index in [4.69, 9.17) is 9.31 Å². The number of ketones is 1. The first-order valence-corrected chi connectivity index (χ1v) is 8.61. The van der Waals surface area contributed by atoms with E-state index >= 15 is 0 Å². The van der Waals surface area contributed by atoms with E-state index in [9.17, 15) is 9.59 Å². The molecule has 0 aromatic carbocycles. The Morgan fingerprint density at radius 1 is 1.04 bits per heavy atom. The molecule has 1 atom stereocenters. The Hall–Kier alpha value is -0.875. The van der Waals surface area contributed by atoms with Gasteiger partial charge in [0.2, 0.25) is 5.91 Å². The van der Waals surface area contributed by atoms with Crippen molar-refractivity contribution in [2.24, 2.45) is 0 Å². The molecule has 0 radical (unpaired) electrons. The molecule has 6 heteroatoms. The van der Waals surface area contributed by atoms with Gasteiger partial charge in [0.05, 0.1) is 16.7 Å². The summed E-state index contributed by atoms with van der Waals surface area (Å²) in [5, 5.41) is 2.85. The molecular formula is C17H32BNO4. The number of carbonyl (C=O) groups is 2. The molecule has 0 aliphatic carbocycles. The molecule has 0 saturated carbocycles. The van der Waals surface area contributed by atoms with Gasteiger partial charge in [-0.2, -0.15) is 0 Å². The van der Waals surface area contributed by atoms with E-state index < -0.39 is 5.54 Å². The molecule has 1 N–H and O–H groups in total. The van der Waals surface area contributed by atoms with Gasteiger partial charge in [-0.25, -0.2) is 0 Å². The highest BCUT2D eigenvalue weighted by atomic mass is 16.7. The molecule has 5 nitrogen and oxygen atoms in total. The zero-order valence-electron chi connectivity index (χ0n) is 15.7. The molecule has 1 aliphatic heterocycles. The molecule has 1 heterocycles. The molecule has 0 bridgehead atoms. The highest BCUT2D eigenvalue weighted by Crippen LogP contribution is 2.38. The summed E-state index contributed by atoms with van der Waals surface area (Å²) in [6, 6.07) is 0. The Balaban J connectivity index is 2.50. The van der Waals surface area contributed by atoms with Crippen LogP contribution in [0.1, 0.15) is 74.1 Å². The number of nitrogens with one attached hydrogen (secondary N) is 1. The SMILES string of the molecule is CC[C@@](CCCCB1OC(C)(C)C(C)(C)O1)(NC(C)=O)C(C)=O. The number of hydrogen-bond donors (Lipinski definition) is 1. The van der Waals surface area contributed by atoms with Gasteiger partial charge in [-0.1, -0.05) is 19.8 Å². The van der Waals surface area contributed by atoms with Gasteiger partial charge in [-0.15, -0.1) is 0 Å². The number of Topliss-reactive ketones (excluding diaryl/α,β-unsaturated/α-hetero) is 1. The van der Waals surface area contributed by atoms with Crippen LogP contribution in [0.5, 0.6) is 0 Å². The van der Waals surface area contributed by atoms with Gasteiger partial charge in [0.15, 0.2) is 5.78 Å². The number of carbonyl (C=O) groups excluding carboxylic acids is 2. The number of hydrogen-bond acceptors (Lipinski definition) is 4. The maximum Gasteiger partial charge on any atom is 0.457 e. The molecule has 0 aromatic rings. The van der Waals surface area contributed by atoms with E-state index in [1.165, 1.54) is 6.92 Å². The summed E-state index contributed by atoms with van der Waals surface area (Å²) in [7, 11) is -0.200. The van der Waals surface area contributed by atoms with Gasteiger partial charge in [0.25, 0.3) is 0 Å². The van der Waals surface area contributed by atoms with Crippen molar-refractivity contribution in [3.63, 3.8) is 0 Å². The molecule has 0 spiro atoms. The average Bonchev–Trinajstić information content (AvgIpc) is 2.60. The zero-order valence-corrected chi connectivity index (χ0v) is 15.7. The summed E-state index contributed by atoms with van der Waals surface area (Å²) in [4.78, 5) is 23.4. The van der Waals surface area contributed by atoms with E-state index in [0.29, 0.717) is 12.8 Å². The molecule has 1 amide bonds. The van der Waals surface area contributed by atoms with Gasteiger partial charge in [0.1, 0.15) is 0 Å². The lowest BCUT2D eigenvalue weighted by Gasteiger charge is -2.32. The van der Waals surface area contributed by atoms with Crippen LogP contribution in [-0.2, 0) is 18.9 Å². The largest absolute Gasteiger partial charge is 0.457 e. The fourth-order valence-corrected chi connectivity index (χ4v) is 3.00. The second-order valence-corrected chi connectivity index (χ2v) is 7.60. The minimum absolute atomic E-state index is 0.0193. The molecule has 1 saturated heterocycles. The second kappa shape index (κ2) is 7.35. The van der Waals surface area contributed by atoms with Crippen molar-refractivity contribution in [3.05, 3.63) is 0 Å². The summed E-state index contributed by atoms with van der Waals surface area (Å²) >= 11 is 0. The third-order valence-electron chi connectivity index (χ3n) is 5.29. The van der Waals surface area contributed by atoms with Gasteiger partial charge >= 0.3 is 7.12 Å². The molecule has 1 rings (SSSR count). The molecule has 0 aromatic heterocycles. The summed E-state index contributed by atoms with van der Waals surface area (Å²) in [5.41, 5.74) is -1.34. The Morgan fingerprint density at radius 3 is 1.96 bits per heavy atom. The van der Waals surface area contributed by atoms with Gasteiger partial charge in [-0.05, 0) is 53.8 Å². The maximum atomic E-state index is 12.0. The molecule has 132 valence electrons. The lowest BCUT2D eigenvalue weighted by molar-refractivity contribution is -0.130. The lowest BCUT2D eigenvalue weighted by atomic mass is 9.79. The van der Waals surface area contributed by atoms with Gasteiger partial charge in [-0.3, -0.25) is 9.59 Å². The zero-order chi connectivity index (χ0) is 17.9. The third kappa shape index (κ3) is 4.80. The quantitative estimate of drug-likeness (QED) is 0.550. The number of unbranched alkanes of at least 4 members (excludes halogenated alkanes) is 1. The lowest BCUT2D eigenvalue weighted by Crippen LogP contribution is -2.52. The molecule has 0 unspecified atom stereocenters. The van der Waals surface area contributed by atoms with Crippen LogP contribution >= 0.6 is 0 Å². The van der Waals surface area contributed by atoms with E-state index in [2.05, 4.69) is 5.32 Å². The van der Waals surface area contributed by atoms with Crippen LogP contribution < -0.4 is 5.32 Å². The van der Waals surface area contributed by atoms with Gasteiger partial charge < -0.3 is 14.6 Å². The second-order valence-electron chi connectivity index (χ2n) is 7.60. The summed E-state index contributed by atoms with van der Waals surface area (Å²) in [5.74, 6) is -0.140. The van der Waals surface area contributed by atoms with Crippen LogP contribution in [0, 0.1) is 0 Å². The highest BCUT2D eigenvalue weighted by molar-refractivity contribution is 6.45. The fraction of sp³-hybridized carbons (Fsp3) is 0.882. The Morgan fingerprint density at radius 2 is 1.57 bits per heavy atom. The first-order valence-electron chi connectivity index (χ1n) is 8.61. The van der Waals surface area contributed by atoms with Crippen molar-refractivity contribution >= 4 is 18.8 Å². The molecule has 1 aliphatic rings. The van der Waals surface area contributed by atoms with Crippen LogP contribution in [0.15, 0.2) is 0 Å². The Bertz CT molecular complexity index is 434. The van der Waals surface area contributed by atoms with Crippen LogP contribution in [0.25, 0.3) is 0 Å². The Labute approximate surface area is 141 Å². The summed E-state index contributed by atoms with van der Waals surface area (Å²) in [6.45, 7) is 13.1. The van der Waals surface area contributed by atoms with Crippen LogP contribution in [0.2, 0.25) is 6.32 Å². The Kier molecular flexibility index (Phi) is 6.44. The van der Waals surface area contributed by atoms with Crippen LogP contribution in [0.3, 0.4) is 0 Å². The van der Waals surface area contributed by atoms with Crippen molar-refractivity contribution in [2.45, 2.75) is 97.2 Å². The topological polar surface area (TPSA) is 64.6 Å². The minimum Gasteiger partial charge on any atom is -0.403 e. The predicted molar refractivity (Wildman–Crippen MR) is 92.3 cm³/mol. The molecule has 23 heavy (non-hydrogen) atoms. The van der Waals surface area contributed by atoms with Crippen molar-refractivity contribution in [3.8, 4) is 0 Å². The first kappa shape index (κ1) is 20.2. The standard InChI is InChI=1S/C17H32BNO4/c1-8-17(13(2)20,19-14(3)21)11-9-10-12-18-22-15(4,5)16(6,7)23-18/h8-12H2,1-7H3,(H,19,21)/t17-/m0/s1. The van der Waals surface area contributed by atoms with E-state index in [1.54, 1.807) is 6.92 Å². The van der Waals surface area contributed by atoms with Crippen LogP contribution in [0.4, 0.5) is 0 Å². The fourth-order valence-electron chi connectivity index (χ4n) is 3.00. The maximum absolute atomic E-state index is 12.0. The summed E-state index contributed by atoms with van der Waals surface area (Å²) in [6.07, 6.45) is 3.80. The normalized spacial score (nSPS) is 21.8. The van der Waals surface area contributed by atoms with E-state index in [1.807, 2.05) is 34.6 Å². The van der Waals surface area contributed by atoms with Crippen LogP contribution in [-0.4, -0.2) is 35.5 Å². The monoisotopic (exact) mass is 325 g/mol.